The summed E-state index contributed by atoms with van der Waals surface area (Å²) in [6.07, 6.45) is 1.14. The summed E-state index contributed by atoms with van der Waals surface area (Å²) in [5.74, 6) is 0.987. The highest BCUT2D eigenvalue weighted by atomic mass is 16.5. The molecule has 0 unspecified atom stereocenters. The lowest BCUT2D eigenvalue weighted by molar-refractivity contribution is 0.244. The van der Waals surface area contributed by atoms with Gasteiger partial charge >= 0.3 is 0 Å². The van der Waals surface area contributed by atoms with Crippen molar-refractivity contribution in [1.29, 1.82) is 0 Å². The summed E-state index contributed by atoms with van der Waals surface area (Å²) in [5, 5.41) is 3.39. The zero-order chi connectivity index (χ0) is 12.8. The van der Waals surface area contributed by atoms with E-state index in [1.807, 2.05) is 6.92 Å². The molecule has 0 amide bonds. The lowest BCUT2D eigenvalue weighted by Gasteiger charge is -2.27. The van der Waals surface area contributed by atoms with Gasteiger partial charge in [-0.3, -0.25) is 0 Å². The SMILES string of the molecule is CCOc1ccc(CCN2CCNCC2)c(C)c1. The number of nitrogens with zero attached hydrogens (tertiary/aromatic N) is 1. The fourth-order valence-electron chi connectivity index (χ4n) is 2.42. The maximum absolute atomic E-state index is 5.52. The molecule has 100 valence electrons. The van der Waals surface area contributed by atoms with E-state index in [4.69, 9.17) is 4.74 Å². The number of ether oxygens (including phenoxy) is 1. The number of benzene rings is 1. The summed E-state index contributed by atoms with van der Waals surface area (Å²) < 4.78 is 5.52. The van der Waals surface area contributed by atoms with Crippen LogP contribution < -0.4 is 10.1 Å². The number of hydrogen-bond donors (Lipinski definition) is 1. The number of nitrogens with one attached hydrogen (secondary N) is 1. The summed E-state index contributed by atoms with van der Waals surface area (Å²) in [5.41, 5.74) is 2.79. The molecule has 0 aromatic heterocycles. The van der Waals surface area contributed by atoms with Crippen LogP contribution in [-0.2, 0) is 6.42 Å². The summed E-state index contributed by atoms with van der Waals surface area (Å²) >= 11 is 0. The Bertz CT molecular complexity index is 373. The van der Waals surface area contributed by atoms with Gasteiger partial charge in [0.05, 0.1) is 6.61 Å². The quantitative estimate of drug-likeness (QED) is 0.860. The van der Waals surface area contributed by atoms with Crippen molar-refractivity contribution in [1.82, 2.24) is 10.2 Å². The Morgan fingerprint density at radius 3 is 2.72 bits per heavy atom. The van der Waals surface area contributed by atoms with Crippen molar-refractivity contribution < 1.29 is 4.74 Å². The minimum absolute atomic E-state index is 0.736. The van der Waals surface area contributed by atoms with Crippen LogP contribution in [0.25, 0.3) is 0 Å². The Morgan fingerprint density at radius 1 is 1.28 bits per heavy atom. The molecule has 1 fully saturated rings. The van der Waals surface area contributed by atoms with Gasteiger partial charge in [0.15, 0.2) is 0 Å². The predicted octanol–water partition coefficient (Wildman–Crippen LogP) is 1.84. The molecule has 18 heavy (non-hydrogen) atoms. The highest BCUT2D eigenvalue weighted by Gasteiger charge is 2.09. The Labute approximate surface area is 110 Å². The fraction of sp³-hybridized carbons (Fsp3) is 0.600. The van der Waals surface area contributed by atoms with E-state index in [9.17, 15) is 0 Å². The molecule has 1 N–H and O–H groups in total. The molecule has 1 aromatic rings. The summed E-state index contributed by atoms with van der Waals surface area (Å²) in [6, 6.07) is 6.45. The molecule has 0 atom stereocenters. The van der Waals surface area contributed by atoms with Crippen LogP contribution in [0, 0.1) is 6.92 Å². The number of rotatable bonds is 5. The fourth-order valence-corrected chi connectivity index (χ4v) is 2.42. The van der Waals surface area contributed by atoms with E-state index < -0.39 is 0 Å². The van der Waals surface area contributed by atoms with Crippen molar-refractivity contribution in [3.8, 4) is 5.75 Å². The van der Waals surface area contributed by atoms with Crippen molar-refractivity contribution in [3.63, 3.8) is 0 Å². The van der Waals surface area contributed by atoms with Crippen LogP contribution in [0.15, 0.2) is 18.2 Å². The molecule has 0 bridgehead atoms. The minimum Gasteiger partial charge on any atom is -0.494 e. The van der Waals surface area contributed by atoms with Crippen molar-refractivity contribution in [2.75, 3.05) is 39.3 Å². The minimum atomic E-state index is 0.736. The summed E-state index contributed by atoms with van der Waals surface area (Å²) in [6.45, 7) is 10.7. The van der Waals surface area contributed by atoms with Crippen molar-refractivity contribution in [3.05, 3.63) is 29.3 Å². The Hall–Kier alpha value is -1.06. The number of hydrogen-bond acceptors (Lipinski definition) is 3. The van der Waals surface area contributed by atoms with E-state index in [2.05, 4.69) is 35.3 Å². The van der Waals surface area contributed by atoms with Crippen LogP contribution in [0.1, 0.15) is 18.1 Å². The van der Waals surface area contributed by atoms with Crippen LogP contribution >= 0.6 is 0 Å². The number of piperazine rings is 1. The van der Waals surface area contributed by atoms with Gasteiger partial charge < -0.3 is 15.0 Å². The van der Waals surface area contributed by atoms with Crippen molar-refractivity contribution >= 4 is 0 Å². The predicted molar refractivity (Wildman–Crippen MR) is 75.4 cm³/mol. The lowest BCUT2D eigenvalue weighted by atomic mass is 10.0. The van der Waals surface area contributed by atoms with Crippen LogP contribution in [0.4, 0.5) is 0 Å². The molecular weight excluding hydrogens is 224 g/mol. The second-order valence-corrected chi connectivity index (χ2v) is 4.86. The van der Waals surface area contributed by atoms with Gasteiger partial charge in [0.2, 0.25) is 0 Å². The Morgan fingerprint density at radius 2 is 2.06 bits per heavy atom. The lowest BCUT2D eigenvalue weighted by Crippen LogP contribution is -2.44. The van der Waals surface area contributed by atoms with Gasteiger partial charge in [-0.05, 0) is 43.5 Å². The van der Waals surface area contributed by atoms with Crippen LogP contribution in [0.3, 0.4) is 0 Å². The molecule has 1 aromatic carbocycles. The molecule has 1 saturated heterocycles. The normalized spacial score (nSPS) is 16.8. The molecular formula is C15H24N2O. The zero-order valence-electron chi connectivity index (χ0n) is 11.5. The highest BCUT2D eigenvalue weighted by molar-refractivity contribution is 5.35. The van der Waals surface area contributed by atoms with Crippen molar-refractivity contribution in [2.45, 2.75) is 20.3 Å². The van der Waals surface area contributed by atoms with E-state index in [0.717, 1.165) is 38.4 Å². The second-order valence-electron chi connectivity index (χ2n) is 4.86. The van der Waals surface area contributed by atoms with E-state index >= 15 is 0 Å². The first-order valence-corrected chi connectivity index (χ1v) is 6.95. The van der Waals surface area contributed by atoms with Gasteiger partial charge in [-0.25, -0.2) is 0 Å². The Kier molecular flexibility index (Phi) is 5.02. The van der Waals surface area contributed by atoms with E-state index in [-0.39, 0.29) is 0 Å². The smallest absolute Gasteiger partial charge is 0.119 e. The zero-order valence-corrected chi connectivity index (χ0v) is 11.5. The van der Waals surface area contributed by atoms with Crippen molar-refractivity contribution in [2.24, 2.45) is 0 Å². The van der Waals surface area contributed by atoms with Gasteiger partial charge in [0.25, 0.3) is 0 Å². The largest absolute Gasteiger partial charge is 0.494 e. The molecule has 2 rings (SSSR count). The molecule has 0 aliphatic carbocycles. The van der Waals surface area contributed by atoms with Gasteiger partial charge in [0, 0.05) is 32.7 Å². The first-order valence-electron chi connectivity index (χ1n) is 6.95. The molecule has 1 aliphatic heterocycles. The molecule has 3 heteroatoms. The van der Waals surface area contributed by atoms with Gasteiger partial charge in [-0.2, -0.15) is 0 Å². The molecule has 0 radical (unpaired) electrons. The van der Waals surface area contributed by atoms with E-state index in [1.165, 1.54) is 24.2 Å². The van der Waals surface area contributed by atoms with E-state index in [1.54, 1.807) is 0 Å². The van der Waals surface area contributed by atoms with Gasteiger partial charge in [-0.15, -0.1) is 0 Å². The van der Waals surface area contributed by atoms with Gasteiger partial charge in [-0.1, -0.05) is 6.07 Å². The monoisotopic (exact) mass is 248 g/mol. The third-order valence-corrected chi connectivity index (χ3v) is 3.53. The van der Waals surface area contributed by atoms with Crippen LogP contribution in [0.5, 0.6) is 5.75 Å². The standard InChI is InChI=1S/C15H24N2O/c1-3-18-15-5-4-14(13(2)12-15)6-9-17-10-7-16-8-11-17/h4-5,12,16H,3,6-11H2,1-2H3. The average Bonchev–Trinajstić information content (AvgIpc) is 2.39. The summed E-state index contributed by atoms with van der Waals surface area (Å²) in [7, 11) is 0. The average molecular weight is 248 g/mol. The molecule has 3 nitrogen and oxygen atoms in total. The first kappa shape index (κ1) is 13.4. The molecule has 1 heterocycles. The second kappa shape index (κ2) is 6.76. The topological polar surface area (TPSA) is 24.5 Å². The van der Waals surface area contributed by atoms with Crippen LogP contribution in [-0.4, -0.2) is 44.2 Å². The van der Waals surface area contributed by atoms with Gasteiger partial charge in [0.1, 0.15) is 5.75 Å². The third kappa shape index (κ3) is 3.72. The first-order chi connectivity index (χ1) is 8.79. The maximum atomic E-state index is 5.52. The third-order valence-electron chi connectivity index (χ3n) is 3.53. The van der Waals surface area contributed by atoms with E-state index in [0.29, 0.717) is 0 Å². The Balaban J connectivity index is 1.88. The molecule has 0 spiro atoms. The van der Waals surface area contributed by atoms with Crippen LogP contribution in [0.2, 0.25) is 0 Å². The highest BCUT2D eigenvalue weighted by Crippen LogP contribution is 2.18. The number of aryl methyl sites for hydroxylation is 1. The maximum Gasteiger partial charge on any atom is 0.119 e. The summed E-state index contributed by atoms with van der Waals surface area (Å²) in [4.78, 5) is 2.53. The molecule has 0 saturated carbocycles. The molecule has 1 aliphatic rings.